The number of β-amino-alcohol motifs (C(OH)–C–C–N with tert-alkyl or cyclic N) is 1. The molecule has 1 rings (SSSR count). The minimum Gasteiger partial charge on any atom is -0.391 e. The summed E-state index contributed by atoms with van der Waals surface area (Å²) >= 11 is 0. The van der Waals surface area contributed by atoms with Crippen molar-refractivity contribution >= 4 is 0 Å². The Morgan fingerprint density at radius 2 is 2.21 bits per heavy atom. The molecule has 0 aromatic rings. The average molecular weight is 198 g/mol. The van der Waals surface area contributed by atoms with Crippen molar-refractivity contribution in [3.63, 3.8) is 0 Å². The molecule has 3 heteroatoms. The number of hydrogen-bond donors (Lipinski definition) is 2. The predicted molar refractivity (Wildman–Crippen MR) is 58.9 cm³/mol. The fourth-order valence-electron chi connectivity index (χ4n) is 1.84. The molecule has 0 amide bonds. The Hall–Kier alpha value is -0.540. The second-order valence-corrected chi connectivity index (χ2v) is 4.05. The van der Waals surface area contributed by atoms with Crippen molar-refractivity contribution in [1.29, 1.82) is 0 Å². The van der Waals surface area contributed by atoms with Gasteiger partial charge in [0.2, 0.25) is 0 Å². The van der Waals surface area contributed by atoms with E-state index in [0.29, 0.717) is 0 Å². The fourth-order valence-corrected chi connectivity index (χ4v) is 1.84. The Morgan fingerprint density at radius 1 is 1.43 bits per heavy atom. The monoisotopic (exact) mass is 198 g/mol. The molecule has 3 nitrogen and oxygen atoms in total. The first-order valence-electron chi connectivity index (χ1n) is 5.55. The number of unbranched alkanes of at least 4 members (excludes halogenated alkanes) is 2. The molecule has 1 saturated heterocycles. The highest BCUT2D eigenvalue weighted by molar-refractivity contribution is 4.97. The summed E-state index contributed by atoms with van der Waals surface area (Å²) in [5.74, 6) is 0. The van der Waals surface area contributed by atoms with E-state index in [1.165, 1.54) is 18.5 Å². The number of likely N-dealkylation sites (tertiary alicyclic amines) is 1. The second-order valence-electron chi connectivity index (χ2n) is 4.05. The molecule has 1 atom stereocenters. The summed E-state index contributed by atoms with van der Waals surface area (Å²) in [5.41, 5.74) is 6.60. The van der Waals surface area contributed by atoms with Crippen LogP contribution in [0.4, 0.5) is 0 Å². The normalized spacial score (nSPS) is 21.6. The van der Waals surface area contributed by atoms with Crippen LogP contribution in [0.25, 0.3) is 0 Å². The lowest BCUT2D eigenvalue weighted by Crippen LogP contribution is -2.20. The van der Waals surface area contributed by atoms with Gasteiger partial charge in [0.25, 0.3) is 0 Å². The molecule has 1 aliphatic rings. The number of hydrogen-bond acceptors (Lipinski definition) is 3. The summed E-state index contributed by atoms with van der Waals surface area (Å²) in [6, 6.07) is 0. The van der Waals surface area contributed by atoms with Crippen molar-refractivity contribution in [2.75, 3.05) is 19.6 Å². The minimum atomic E-state index is -0.143. The van der Waals surface area contributed by atoms with Gasteiger partial charge in [-0.1, -0.05) is 13.0 Å². The van der Waals surface area contributed by atoms with E-state index >= 15 is 0 Å². The first kappa shape index (κ1) is 11.5. The summed E-state index contributed by atoms with van der Waals surface area (Å²) < 4.78 is 0. The highest BCUT2D eigenvalue weighted by Crippen LogP contribution is 2.18. The van der Waals surface area contributed by atoms with Gasteiger partial charge >= 0.3 is 0 Å². The molecular weight excluding hydrogens is 176 g/mol. The van der Waals surface area contributed by atoms with Gasteiger partial charge in [-0.3, -0.25) is 0 Å². The van der Waals surface area contributed by atoms with E-state index in [0.717, 1.165) is 38.9 Å². The van der Waals surface area contributed by atoms with Crippen LogP contribution in [-0.4, -0.2) is 35.7 Å². The largest absolute Gasteiger partial charge is 0.391 e. The molecule has 0 spiro atoms. The van der Waals surface area contributed by atoms with E-state index in [4.69, 9.17) is 5.73 Å². The molecule has 1 unspecified atom stereocenters. The number of nitrogens with two attached hydrogens (primary N) is 1. The van der Waals surface area contributed by atoms with Crippen molar-refractivity contribution in [1.82, 2.24) is 4.90 Å². The Bertz CT molecular complexity index is 182. The summed E-state index contributed by atoms with van der Waals surface area (Å²) in [6.07, 6.45) is 5.26. The molecule has 0 saturated carbocycles. The second kappa shape index (κ2) is 6.04. The number of aliphatic hydroxyl groups is 1. The van der Waals surface area contributed by atoms with Crippen LogP contribution >= 0.6 is 0 Å². The predicted octanol–water partition coefficient (Wildman–Crippen LogP) is 1.09. The Balaban J connectivity index is 2.09. The van der Waals surface area contributed by atoms with Gasteiger partial charge in [-0.25, -0.2) is 0 Å². The summed E-state index contributed by atoms with van der Waals surface area (Å²) in [6.45, 7) is 6.58. The Labute approximate surface area is 86.6 Å². The van der Waals surface area contributed by atoms with Crippen molar-refractivity contribution in [2.45, 2.75) is 38.2 Å². The van der Waals surface area contributed by atoms with Crippen LogP contribution in [0.15, 0.2) is 12.3 Å². The molecule has 1 aliphatic heterocycles. The molecule has 14 heavy (non-hydrogen) atoms. The number of nitrogens with zero attached hydrogens (tertiary/aromatic N) is 1. The van der Waals surface area contributed by atoms with E-state index in [9.17, 15) is 5.11 Å². The van der Waals surface area contributed by atoms with Gasteiger partial charge in [0.1, 0.15) is 0 Å². The number of rotatable bonds is 6. The molecule has 82 valence electrons. The van der Waals surface area contributed by atoms with Crippen LogP contribution in [0.3, 0.4) is 0 Å². The van der Waals surface area contributed by atoms with Crippen LogP contribution in [0, 0.1) is 0 Å². The van der Waals surface area contributed by atoms with Gasteiger partial charge in [0.15, 0.2) is 0 Å². The Kier molecular flexibility index (Phi) is 4.98. The lowest BCUT2D eigenvalue weighted by atomic mass is 10.1. The van der Waals surface area contributed by atoms with E-state index in [2.05, 4.69) is 11.5 Å². The standard InChI is InChI=1S/C11H22N2O/c1-10(5-3-2-4-7-12)13-8-6-11(14)9-13/h11,14H,1-9,12H2. The van der Waals surface area contributed by atoms with Crippen LogP contribution in [0.1, 0.15) is 32.1 Å². The maximum atomic E-state index is 9.36. The quantitative estimate of drug-likeness (QED) is 0.628. The third-order valence-electron chi connectivity index (χ3n) is 2.78. The highest BCUT2D eigenvalue weighted by atomic mass is 16.3. The Morgan fingerprint density at radius 3 is 2.79 bits per heavy atom. The van der Waals surface area contributed by atoms with Crippen LogP contribution in [-0.2, 0) is 0 Å². The van der Waals surface area contributed by atoms with Crippen molar-refractivity contribution in [2.24, 2.45) is 5.73 Å². The zero-order chi connectivity index (χ0) is 10.4. The lowest BCUT2D eigenvalue weighted by Gasteiger charge is -2.20. The van der Waals surface area contributed by atoms with Gasteiger partial charge in [-0.15, -0.1) is 0 Å². The van der Waals surface area contributed by atoms with Gasteiger partial charge in [-0.2, -0.15) is 0 Å². The summed E-state index contributed by atoms with van der Waals surface area (Å²) in [4.78, 5) is 2.20. The maximum absolute atomic E-state index is 9.36. The van der Waals surface area contributed by atoms with Crippen molar-refractivity contribution < 1.29 is 5.11 Å². The number of aliphatic hydroxyl groups excluding tert-OH is 1. The average Bonchev–Trinajstić information content (AvgIpc) is 2.59. The van der Waals surface area contributed by atoms with Gasteiger partial charge < -0.3 is 15.7 Å². The molecule has 0 bridgehead atoms. The molecule has 0 aromatic heterocycles. The van der Waals surface area contributed by atoms with Gasteiger partial charge in [0, 0.05) is 18.8 Å². The molecule has 0 radical (unpaired) electrons. The van der Waals surface area contributed by atoms with Crippen LogP contribution < -0.4 is 5.73 Å². The minimum absolute atomic E-state index is 0.143. The molecule has 1 fully saturated rings. The molecule has 3 N–H and O–H groups in total. The van der Waals surface area contributed by atoms with E-state index in [-0.39, 0.29) is 6.10 Å². The zero-order valence-corrected chi connectivity index (χ0v) is 8.91. The summed E-state index contributed by atoms with van der Waals surface area (Å²) in [5, 5.41) is 9.36. The molecule has 0 aliphatic carbocycles. The third kappa shape index (κ3) is 3.68. The molecular formula is C11H22N2O. The fraction of sp³-hybridized carbons (Fsp3) is 0.818. The first-order valence-corrected chi connectivity index (χ1v) is 5.55. The van der Waals surface area contributed by atoms with Crippen molar-refractivity contribution in [3.8, 4) is 0 Å². The van der Waals surface area contributed by atoms with Crippen LogP contribution in [0.5, 0.6) is 0 Å². The lowest BCUT2D eigenvalue weighted by molar-refractivity contribution is 0.183. The van der Waals surface area contributed by atoms with E-state index in [1.807, 2.05) is 0 Å². The maximum Gasteiger partial charge on any atom is 0.0731 e. The summed E-state index contributed by atoms with van der Waals surface area (Å²) in [7, 11) is 0. The van der Waals surface area contributed by atoms with Gasteiger partial charge in [-0.05, 0) is 32.2 Å². The van der Waals surface area contributed by atoms with Crippen LogP contribution in [0.2, 0.25) is 0 Å². The van der Waals surface area contributed by atoms with E-state index in [1.54, 1.807) is 0 Å². The van der Waals surface area contributed by atoms with E-state index < -0.39 is 0 Å². The third-order valence-corrected chi connectivity index (χ3v) is 2.78. The molecule has 1 heterocycles. The highest BCUT2D eigenvalue weighted by Gasteiger charge is 2.20. The van der Waals surface area contributed by atoms with Crippen molar-refractivity contribution in [3.05, 3.63) is 12.3 Å². The smallest absolute Gasteiger partial charge is 0.0731 e. The SMILES string of the molecule is C=C(CCCCCN)N1CCC(O)C1. The molecule has 0 aromatic carbocycles. The topological polar surface area (TPSA) is 49.5 Å². The zero-order valence-electron chi connectivity index (χ0n) is 8.91. The number of allylic oxidation sites excluding steroid dienone is 1. The van der Waals surface area contributed by atoms with Gasteiger partial charge in [0.05, 0.1) is 6.10 Å². The first-order chi connectivity index (χ1) is 6.74.